The topological polar surface area (TPSA) is 28.4 Å². The third-order valence-corrected chi connectivity index (χ3v) is 3.41. The van der Waals surface area contributed by atoms with Crippen molar-refractivity contribution in [1.29, 1.82) is 0 Å². The Hall–Kier alpha value is 0.0700. The molecule has 1 aromatic rings. The minimum atomic E-state index is 0. The van der Waals surface area contributed by atoms with Crippen molar-refractivity contribution in [3.05, 3.63) is 23.1 Å². The van der Waals surface area contributed by atoms with E-state index >= 15 is 0 Å². The molecule has 1 N–H and O–H groups in total. The van der Waals surface area contributed by atoms with Crippen molar-refractivity contribution in [3.63, 3.8) is 0 Å². The van der Waals surface area contributed by atoms with E-state index in [2.05, 4.69) is 24.1 Å². The summed E-state index contributed by atoms with van der Waals surface area (Å²) in [5, 5.41) is 3.87. The van der Waals surface area contributed by atoms with Crippen LogP contribution >= 0.6 is 36.4 Å². The first-order chi connectivity index (χ1) is 8.16. The Bertz CT molecular complexity index is 351. The van der Waals surface area contributed by atoms with Gasteiger partial charge in [0.15, 0.2) is 5.22 Å². The van der Waals surface area contributed by atoms with Crippen molar-refractivity contribution in [2.75, 3.05) is 26.2 Å². The van der Waals surface area contributed by atoms with Gasteiger partial charge in [0.05, 0.1) is 6.04 Å². The lowest BCUT2D eigenvalue weighted by atomic mass is 10.00. The molecule has 0 unspecified atom stereocenters. The van der Waals surface area contributed by atoms with Crippen molar-refractivity contribution >= 4 is 36.4 Å². The summed E-state index contributed by atoms with van der Waals surface area (Å²) in [7, 11) is 0. The van der Waals surface area contributed by atoms with Crippen molar-refractivity contribution in [2.24, 2.45) is 5.92 Å². The standard InChI is InChI=1S/C13H21ClN2O.2ClH/c1-10(2)9-11(12-3-4-13(14)17-12)16-7-5-15-6-8-16;;/h3-4,10-11,15H,5-9H2,1-2H3;2*1H/t11-;;/m0../s1. The third-order valence-electron chi connectivity index (χ3n) is 3.21. The Morgan fingerprint density at radius 3 is 2.37 bits per heavy atom. The first-order valence-electron chi connectivity index (χ1n) is 6.37. The fraction of sp³-hybridized carbons (Fsp3) is 0.692. The second kappa shape index (κ2) is 9.09. The average Bonchev–Trinajstić information content (AvgIpc) is 2.73. The number of rotatable bonds is 4. The summed E-state index contributed by atoms with van der Waals surface area (Å²) in [6.45, 7) is 8.77. The molecule has 0 spiro atoms. The molecule has 0 amide bonds. The molecular formula is C13H23Cl3N2O. The Kier molecular flexibility index (Phi) is 9.12. The molecule has 1 atom stereocenters. The molecule has 112 valence electrons. The maximum absolute atomic E-state index is 5.88. The zero-order valence-electron chi connectivity index (χ0n) is 11.4. The summed E-state index contributed by atoms with van der Waals surface area (Å²) in [5.41, 5.74) is 0. The van der Waals surface area contributed by atoms with E-state index in [-0.39, 0.29) is 24.8 Å². The second-order valence-electron chi connectivity index (χ2n) is 5.07. The summed E-state index contributed by atoms with van der Waals surface area (Å²) < 4.78 is 5.60. The zero-order valence-corrected chi connectivity index (χ0v) is 13.8. The lowest BCUT2D eigenvalue weighted by Gasteiger charge is -2.34. The second-order valence-corrected chi connectivity index (χ2v) is 5.45. The van der Waals surface area contributed by atoms with Gasteiger partial charge in [0.2, 0.25) is 0 Å². The Morgan fingerprint density at radius 2 is 1.89 bits per heavy atom. The molecule has 19 heavy (non-hydrogen) atoms. The summed E-state index contributed by atoms with van der Waals surface area (Å²) in [6, 6.07) is 4.22. The highest BCUT2D eigenvalue weighted by Crippen LogP contribution is 2.30. The smallest absolute Gasteiger partial charge is 0.193 e. The molecule has 1 aromatic heterocycles. The van der Waals surface area contributed by atoms with E-state index in [4.69, 9.17) is 16.0 Å². The van der Waals surface area contributed by atoms with E-state index in [1.54, 1.807) is 0 Å². The van der Waals surface area contributed by atoms with Crippen LogP contribution in [0.4, 0.5) is 0 Å². The molecule has 1 aliphatic heterocycles. The van der Waals surface area contributed by atoms with Crippen LogP contribution in [-0.2, 0) is 0 Å². The van der Waals surface area contributed by atoms with Gasteiger partial charge in [0.25, 0.3) is 0 Å². The maximum atomic E-state index is 5.88. The van der Waals surface area contributed by atoms with Crippen LogP contribution in [0.5, 0.6) is 0 Å². The number of furan rings is 1. The largest absolute Gasteiger partial charge is 0.448 e. The number of piperazine rings is 1. The van der Waals surface area contributed by atoms with Crippen LogP contribution in [0.15, 0.2) is 16.5 Å². The van der Waals surface area contributed by atoms with Crippen molar-refractivity contribution < 1.29 is 4.42 Å². The van der Waals surface area contributed by atoms with Gasteiger partial charge in [0, 0.05) is 26.2 Å². The first kappa shape index (κ1) is 19.1. The molecule has 2 rings (SSSR count). The minimum absolute atomic E-state index is 0. The lowest BCUT2D eigenvalue weighted by molar-refractivity contribution is 0.136. The predicted octanol–water partition coefficient (Wildman–Crippen LogP) is 3.77. The van der Waals surface area contributed by atoms with Gasteiger partial charge in [-0.05, 0) is 36.1 Å². The molecule has 1 aliphatic rings. The van der Waals surface area contributed by atoms with E-state index < -0.39 is 0 Å². The van der Waals surface area contributed by atoms with Gasteiger partial charge < -0.3 is 9.73 Å². The zero-order chi connectivity index (χ0) is 12.3. The van der Waals surface area contributed by atoms with Gasteiger partial charge >= 0.3 is 0 Å². The molecular weight excluding hydrogens is 307 g/mol. The normalized spacial score (nSPS) is 17.7. The van der Waals surface area contributed by atoms with Crippen LogP contribution in [0.1, 0.15) is 32.1 Å². The van der Waals surface area contributed by atoms with E-state index in [0.29, 0.717) is 17.2 Å². The van der Waals surface area contributed by atoms with E-state index in [9.17, 15) is 0 Å². The molecule has 0 radical (unpaired) electrons. The van der Waals surface area contributed by atoms with E-state index in [0.717, 1.165) is 38.4 Å². The Morgan fingerprint density at radius 1 is 1.26 bits per heavy atom. The van der Waals surface area contributed by atoms with Gasteiger partial charge in [-0.15, -0.1) is 24.8 Å². The number of nitrogens with zero attached hydrogens (tertiary/aromatic N) is 1. The van der Waals surface area contributed by atoms with Gasteiger partial charge in [-0.2, -0.15) is 0 Å². The maximum Gasteiger partial charge on any atom is 0.193 e. The van der Waals surface area contributed by atoms with Gasteiger partial charge in [0.1, 0.15) is 5.76 Å². The average molecular weight is 330 g/mol. The fourth-order valence-electron chi connectivity index (χ4n) is 2.39. The highest BCUT2D eigenvalue weighted by atomic mass is 35.5. The molecule has 0 aromatic carbocycles. The van der Waals surface area contributed by atoms with Crippen molar-refractivity contribution in [2.45, 2.75) is 26.3 Å². The fourth-order valence-corrected chi connectivity index (χ4v) is 2.54. The molecule has 0 saturated carbocycles. The summed E-state index contributed by atoms with van der Waals surface area (Å²) in [6.07, 6.45) is 1.11. The molecule has 0 bridgehead atoms. The SMILES string of the molecule is CC(C)C[C@@H](c1ccc(Cl)o1)N1CCNCC1.Cl.Cl. The van der Waals surface area contributed by atoms with E-state index in [1.807, 2.05) is 12.1 Å². The molecule has 6 heteroatoms. The molecule has 3 nitrogen and oxygen atoms in total. The van der Waals surface area contributed by atoms with Gasteiger partial charge in [-0.3, -0.25) is 4.90 Å². The molecule has 1 saturated heterocycles. The van der Waals surface area contributed by atoms with Crippen LogP contribution in [0.3, 0.4) is 0 Å². The van der Waals surface area contributed by atoms with Crippen LogP contribution in [0.25, 0.3) is 0 Å². The number of hydrogen-bond donors (Lipinski definition) is 1. The number of hydrogen-bond acceptors (Lipinski definition) is 3. The highest BCUT2D eigenvalue weighted by molar-refractivity contribution is 6.28. The third kappa shape index (κ3) is 5.52. The molecule has 2 heterocycles. The quantitative estimate of drug-likeness (QED) is 0.911. The van der Waals surface area contributed by atoms with Gasteiger partial charge in [-0.1, -0.05) is 13.8 Å². The monoisotopic (exact) mass is 328 g/mol. The molecule has 1 fully saturated rings. The van der Waals surface area contributed by atoms with Crippen LogP contribution in [0.2, 0.25) is 5.22 Å². The van der Waals surface area contributed by atoms with Crippen molar-refractivity contribution in [3.8, 4) is 0 Å². The van der Waals surface area contributed by atoms with Gasteiger partial charge in [-0.25, -0.2) is 0 Å². The van der Waals surface area contributed by atoms with Crippen LogP contribution in [-0.4, -0.2) is 31.1 Å². The first-order valence-corrected chi connectivity index (χ1v) is 6.74. The highest BCUT2D eigenvalue weighted by Gasteiger charge is 2.25. The van der Waals surface area contributed by atoms with E-state index in [1.165, 1.54) is 0 Å². The predicted molar refractivity (Wildman–Crippen MR) is 84.9 cm³/mol. The van der Waals surface area contributed by atoms with Crippen LogP contribution in [0, 0.1) is 5.92 Å². The Labute approximate surface area is 132 Å². The minimum Gasteiger partial charge on any atom is -0.448 e. The van der Waals surface area contributed by atoms with Crippen molar-refractivity contribution in [1.82, 2.24) is 10.2 Å². The summed E-state index contributed by atoms with van der Waals surface area (Å²) in [5.74, 6) is 1.66. The number of halogens is 3. The summed E-state index contributed by atoms with van der Waals surface area (Å²) >= 11 is 5.88. The lowest BCUT2D eigenvalue weighted by Crippen LogP contribution is -2.45. The van der Waals surface area contributed by atoms with Crippen LogP contribution < -0.4 is 5.32 Å². The number of nitrogens with one attached hydrogen (secondary N) is 1. The molecule has 0 aliphatic carbocycles. The Balaban J connectivity index is 0.00000162. The summed E-state index contributed by atoms with van der Waals surface area (Å²) in [4.78, 5) is 2.49.